The van der Waals surface area contributed by atoms with Gasteiger partial charge in [-0.1, -0.05) is 137 Å². The summed E-state index contributed by atoms with van der Waals surface area (Å²) < 4.78 is 16.8. The molecule has 0 radical (unpaired) electrons. The van der Waals surface area contributed by atoms with Crippen molar-refractivity contribution in [1.29, 1.82) is 0 Å². The lowest BCUT2D eigenvalue weighted by atomic mass is 10.0. The van der Waals surface area contributed by atoms with Gasteiger partial charge in [0.05, 0.1) is 6.61 Å². The highest BCUT2D eigenvalue weighted by atomic mass is 16.6. The van der Waals surface area contributed by atoms with Gasteiger partial charge in [-0.15, -0.1) is 0 Å². The number of rotatable bonds is 37. The van der Waals surface area contributed by atoms with Crippen molar-refractivity contribution in [2.45, 2.75) is 234 Å². The van der Waals surface area contributed by atoms with Crippen LogP contribution >= 0.6 is 0 Å². The molecular weight excluding hydrogens is 665 g/mol. The third-order valence-corrected chi connectivity index (χ3v) is 10.1. The zero-order valence-electron chi connectivity index (χ0n) is 36.2. The first-order valence-corrected chi connectivity index (χ1v) is 22.5. The minimum atomic E-state index is -0.506. The molecule has 8 heteroatoms. The number of hydrogen-bond donors (Lipinski definition) is 1. The van der Waals surface area contributed by atoms with Gasteiger partial charge < -0.3 is 24.4 Å². The molecule has 8 nitrogen and oxygen atoms in total. The van der Waals surface area contributed by atoms with Crippen LogP contribution in [0, 0.1) is 5.92 Å². The first kappa shape index (κ1) is 51.2. The Bertz CT molecular complexity index is 844. The van der Waals surface area contributed by atoms with Gasteiger partial charge in [0.1, 0.15) is 11.7 Å². The van der Waals surface area contributed by atoms with Crippen molar-refractivity contribution in [1.82, 2.24) is 10.2 Å². The summed E-state index contributed by atoms with van der Waals surface area (Å²) in [6.07, 6.45) is 29.7. The van der Waals surface area contributed by atoms with E-state index in [2.05, 4.69) is 37.9 Å². The summed E-state index contributed by atoms with van der Waals surface area (Å²) in [6, 6.07) is 0. The van der Waals surface area contributed by atoms with Crippen LogP contribution in [0.4, 0.5) is 4.79 Å². The lowest BCUT2D eigenvalue weighted by Gasteiger charge is -2.24. The Labute approximate surface area is 328 Å². The third kappa shape index (κ3) is 36.9. The van der Waals surface area contributed by atoms with Gasteiger partial charge in [-0.05, 0) is 91.1 Å². The van der Waals surface area contributed by atoms with E-state index < -0.39 is 5.60 Å². The number of hydrogen-bond acceptors (Lipinski definition) is 7. The van der Waals surface area contributed by atoms with Gasteiger partial charge in [0, 0.05) is 25.9 Å². The van der Waals surface area contributed by atoms with E-state index in [0.717, 1.165) is 103 Å². The lowest BCUT2D eigenvalue weighted by molar-refractivity contribution is -0.150. The van der Waals surface area contributed by atoms with Crippen molar-refractivity contribution < 1.29 is 28.6 Å². The topological polar surface area (TPSA) is 94.2 Å². The molecule has 0 aliphatic rings. The molecule has 0 aromatic heterocycles. The van der Waals surface area contributed by atoms with E-state index in [4.69, 9.17) is 14.2 Å². The van der Waals surface area contributed by atoms with Crippen LogP contribution in [-0.4, -0.2) is 67.4 Å². The van der Waals surface area contributed by atoms with Crippen LogP contribution in [0.3, 0.4) is 0 Å². The average Bonchev–Trinajstić information content (AvgIpc) is 3.11. The Morgan fingerprint density at radius 2 is 1.04 bits per heavy atom. The summed E-state index contributed by atoms with van der Waals surface area (Å²) in [4.78, 5) is 39.4. The van der Waals surface area contributed by atoms with Crippen LogP contribution in [0.15, 0.2) is 0 Å². The van der Waals surface area contributed by atoms with E-state index in [1.165, 1.54) is 77.0 Å². The maximum atomic E-state index is 12.8. The summed E-state index contributed by atoms with van der Waals surface area (Å²) in [5, 5.41) is 2.91. The van der Waals surface area contributed by atoms with Crippen molar-refractivity contribution in [3.63, 3.8) is 0 Å². The molecule has 0 heterocycles. The first-order chi connectivity index (χ1) is 25.5. The molecule has 0 aromatic rings. The summed E-state index contributed by atoms with van der Waals surface area (Å²) in [6.45, 7) is 18.3. The molecule has 1 unspecified atom stereocenters. The van der Waals surface area contributed by atoms with Crippen molar-refractivity contribution in [3.8, 4) is 0 Å². The smallest absolute Gasteiger partial charge is 0.407 e. The Balaban J connectivity index is 4.48. The fraction of sp³-hybridized carbons (Fsp3) is 0.933. The minimum Gasteiger partial charge on any atom is -0.465 e. The maximum absolute atomic E-state index is 12.8. The predicted octanol–water partition coefficient (Wildman–Crippen LogP) is 12.5. The van der Waals surface area contributed by atoms with Crippen LogP contribution in [-0.2, 0) is 23.8 Å². The normalized spacial score (nSPS) is 12.3. The molecule has 53 heavy (non-hydrogen) atoms. The number of alkyl carbamates (subject to hydrolysis) is 1. The molecule has 1 amide bonds. The highest BCUT2D eigenvalue weighted by Crippen LogP contribution is 2.18. The van der Waals surface area contributed by atoms with Crippen molar-refractivity contribution in [2.75, 3.05) is 32.8 Å². The van der Waals surface area contributed by atoms with Gasteiger partial charge in [0.2, 0.25) is 0 Å². The number of carbonyl (C=O) groups excluding carboxylic acids is 3. The van der Waals surface area contributed by atoms with Crippen molar-refractivity contribution in [2.24, 2.45) is 5.92 Å². The van der Waals surface area contributed by atoms with Crippen molar-refractivity contribution in [3.05, 3.63) is 0 Å². The zero-order valence-corrected chi connectivity index (χ0v) is 36.2. The SMILES string of the molecule is CCCCCCCCC(CCCCCCCC)OC(=O)CCCCCCCN(CCCCCCCC(=O)OCC(C)CC)CCNC(=O)OC(C)(C)C. The fourth-order valence-electron chi connectivity index (χ4n) is 6.47. The Hall–Kier alpha value is -1.83. The predicted molar refractivity (Wildman–Crippen MR) is 222 cm³/mol. The average molecular weight is 753 g/mol. The van der Waals surface area contributed by atoms with Crippen LogP contribution in [0.2, 0.25) is 0 Å². The largest absolute Gasteiger partial charge is 0.465 e. The number of esters is 2. The van der Waals surface area contributed by atoms with Gasteiger partial charge in [-0.2, -0.15) is 0 Å². The Morgan fingerprint density at radius 3 is 1.53 bits per heavy atom. The second-order valence-corrected chi connectivity index (χ2v) is 16.7. The van der Waals surface area contributed by atoms with Crippen LogP contribution < -0.4 is 5.32 Å². The Morgan fingerprint density at radius 1 is 0.585 bits per heavy atom. The second-order valence-electron chi connectivity index (χ2n) is 16.7. The summed E-state index contributed by atoms with van der Waals surface area (Å²) >= 11 is 0. The monoisotopic (exact) mass is 753 g/mol. The van der Waals surface area contributed by atoms with E-state index in [9.17, 15) is 14.4 Å². The number of unbranched alkanes of at least 4 members (excludes halogenated alkanes) is 18. The third-order valence-electron chi connectivity index (χ3n) is 10.1. The molecule has 314 valence electrons. The highest BCUT2D eigenvalue weighted by molar-refractivity contribution is 5.69. The standard InChI is InChI=1S/C45H88N2O6/c1-8-11-13-15-19-25-31-41(32-26-20-16-14-12-9-2)52-43(49)34-28-22-18-24-30-37-47(38-35-46-44(50)53-45(5,6)7)36-29-23-17-21-27-33-42(48)51-39-40(4)10-3/h40-41H,8-39H2,1-7H3,(H,46,50). The zero-order chi connectivity index (χ0) is 39.4. The van der Waals surface area contributed by atoms with E-state index in [1.54, 1.807) is 0 Å². The number of carbonyl (C=O) groups is 3. The van der Waals surface area contributed by atoms with Gasteiger partial charge in [-0.3, -0.25) is 9.59 Å². The van der Waals surface area contributed by atoms with Crippen LogP contribution in [0.5, 0.6) is 0 Å². The van der Waals surface area contributed by atoms with Gasteiger partial charge in [-0.25, -0.2) is 4.79 Å². The van der Waals surface area contributed by atoms with Crippen LogP contribution in [0.1, 0.15) is 222 Å². The molecule has 0 aliphatic heterocycles. The molecule has 0 bridgehead atoms. The highest BCUT2D eigenvalue weighted by Gasteiger charge is 2.17. The van der Waals surface area contributed by atoms with Gasteiger partial charge in [0.15, 0.2) is 0 Å². The van der Waals surface area contributed by atoms with E-state index in [0.29, 0.717) is 31.9 Å². The van der Waals surface area contributed by atoms with Gasteiger partial charge >= 0.3 is 18.0 Å². The molecule has 0 aliphatic carbocycles. The van der Waals surface area contributed by atoms with Crippen LogP contribution in [0.25, 0.3) is 0 Å². The van der Waals surface area contributed by atoms with Crippen molar-refractivity contribution >= 4 is 18.0 Å². The summed E-state index contributed by atoms with van der Waals surface area (Å²) in [5.74, 6) is 0.353. The molecule has 0 fully saturated rings. The molecule has 0 spiro atoms. The molecular formula is C45H88N2O6. The molecule has 0 rings (SSSR count). The van der Waals surface area contributed by atoms with E-state index >= 15 is 0 Å². The molecule has 0 aromatic carbocycles. The summed E-state index contributed by atoms with van der Waals surface area (Å²) in [7, 11) is 0. The number of nitrogens with one attached hydrogen (secondary N) is 1. The quantitative estimate of drug-likeness (QED) is 0.0383. The minimum absolute atomic E-state index is 0.00262. The molecule has 0 saturated carbocycles. The van der Waals surface area contributed by atoms with E-state index in [1.807, 2.05) is 20.8 Å². The fourth-order valence-corrected chi connectivity index (χ4v) is 6.47. The van der Waals surface area contributed by atoms with E-state index in [-0.39, 0.29) is 24.1 Å². The first-order valence-electron chi connectivity index (χ1n) is 22.5. The summed E-state index contributed by atoms with van der Waals surface area (Å²) in [5.41, 5.74) is -0.506. The molecule has 0 saturated heterocycles. The molecule has 1 N–H and O–H groups in total. The Kier molecular flexibility index (Phi) is 34.6. The number of ether oxygens (including phenoxy) is 3. The number of amides is 1. The van der Waals surface area contributed by atoms with Gasteiger partial charge in [0.25, 0.3) is 0 Å². The maximum Gasteiger partial charge on any atom is 0.407 e. The molecule has 1 atom stereocenters. The number of nitrogens with zero attached hydrogens (tertiary/aromatic N) is 1. The second kappa shape index (κ2) is 35.8. The lowest BCUT2D eigenvalue weighted by Crippen LogP contribution is -2.38.